The molecule has 3 atom stereocenters. The maximum Gasteiger partial charge on any atom is 0.327 e. The molecular formula is C16H19N5O. The molecule has 0 aromatic heterocycles. The van der Waals surface area contributed by atoms with Gasteiger partial charge < -0.3 is 10.2 Å². The van der Waals surface area contributed by atoms with E-state index in [4.69, 9.17) is 9.98 Å². The number of carbonyl (C=O) groups excluding carboxylic acids is 1. The summed E-state index contributed by atoms with van der Waals surface area (Å²) >= 11 is 0. The summed E-state index contributed by atoms with van der Waals surface area (Å²) in [5.74, 6) is 1.68. The topological polar surface area (TPSA) is 60.3 Å². The number of fused-ring (bicyclic) bond motifs is 3. The van der Waals surface area contributed by atoms with Gasteiger partial charge in [0.15, 0.2) is 6.17 Å². The molecule has 4 rings (SSSR count). The lowest BCUT2D eigenvalue weighted by Crippen LogP contribution is -2.63. The van der Waals surface area contributed by atoms with Crippen LogP contribution in [0.5, 0.6) is 0 Å². The Bertz CT molecular complexity index is 668. The molecule has 1 aromatic carbocycles. The highest BCUT2D eigenvalue weighted by molar-refractivity contribution is 6.10. The molecule has 3 aliphatic heterocycles. The molecule has 6 nitrogen and oxygen atoms in total. The molecule has 6 heteroatoms. The zero-order valence-electron chi connectivity index (χ0n) is 12.7. The Morgan fingerprint density at radius 3 is 2.77 bits per heavy atom. The van der Waals surface area contributed by atoms with Crippen LogP contribution >= 0.6 is 0 Å². The molecular weight excluding hydrogens is 278 g/mol. The van der Waals surface area contributed by atoms with E-state index in [1.807, 2.05) is 37.4 Å². The molecule has 1 fully saturated rings. The molecule has 0 bridgehead atoms. The summed E-state index contributed by atoms with van der Waals surface area (Å²) in [4.78, 5) is 25.5. The lowest BCUT2D eigenvalue weighted by Gasteiger charge is -2.38. The van der Waals surface area contributed by atoms with Crippen molar-refractivity contribution in [2.45, 2.75) is 31.6 Å². The van der Waals surface area contributed by atoms with Gasteiger partial charge in [-0.3, -0.25) is 9.89 Å². The smallest absolute Gasteiger partial charge is 0.327 e. The summed E-state index contributed by atoms with van der Waals surface area (Å²) < 4.78 is 0. The molecule has 1 aromatic rings. The Balaban J connectivity index is 1.70. The normalized spacial score (nSPS) is 29.7. The fraction of sp³-hybridized carbons (Fsp3) is 0.438. The first-order valence-electron chi connectivity index (χ1n) is 7.71. The van der Waals surface area contributed by atoms with Crippen LogP contribution in [0.25, 0.3) is 0 Å². The van der Waals surface area contributed by atoms with Crippen molar-refractivity contribution in [3.05, 3.63) is 35.9 Å². The van der Waals surface area contributed by atoms with E-state index in [-0.39, 0.29) is 24.3 Å². The Hall–Kier alpha value is -2.37. The lowest BCUT2D eigenvalue weighted by molar-refractivity contribution is 0.155. The van der Waals surface area contributed by atoms with Crippen LogP contribution in [-0.4, -0.2) is 59.3 Å². The summed E-state index contributed by atoms with van der Waals surface area (Å²) in [7, 11) is 1.81. The van der Waals surface area contributed by atoms with E-state index in [9.17, 15) is 4.79 Å². The van der Waals surface area contributed by atoms with Gasteiger partial charge in [0.25, 0.3) is 0 Å². The van der Waals surface area contributed by atoms with Crippen molar-refractivity contribution in [3.8, 4) is 0 Å². The van der Waals surface area contributed by atoms with Crippen LogP contribution in [-0.2, 0) is 0 Å². The summed E-state index contributed by atoms with van der Waals surface area (Å²) in [6.07, 6.45) is 0.731. The van der Waals surface area contributed by atoms with Gasteiger partial charge >= 0.3 is 6.03 Å². The number of aliphatic imine (C=N–C) groups is 2. The van der Waals surface area contributed by atoms with Gasteiger partial charge in [-0.2, -0.15) is 0 Å². The molecule has 22 heavy (non-hydrogen) atoms. The minimum atomic E-state index is -0.215. The molecule has 1 saturated heterocycles. The number of urea groups is 1. The highest BCUT2D eigenvalue weighted by Crippen LogP contribution is 2.28. The van der Waals surface area contributed by atoms with Crippen molar-refractivity contribution >= 4 is 17.7 Å². The van der Waals surface area contributed by atoms with Gasteiger partial charge in [-0.1, -0.05) is 37.3 Å². The fourth-order valence-corrected chi connectivity index (χ4v) is 3.28. The molecule has 3 aliphatic rings. The molecule has 2 amide bonds. The standard InChI is InChI=1S/C16H19N5O/c1-3-11-9-21-15(17-11)12-14(20(2)16(21)22)19-13(18-12)10-7-5-4-6-8-10/h4-8,11-12,14H,3,9H2,1-2H3,(H,18,19)/t11-,12?,14?/m1/s1. The molecule has 114 valence electrons. The SMILES string of the molecule is CC[C@@H]1CN2C(=O)N(C)C3N=C(c4ccccc4)NC3C2=N1. The van der Waals surface area contributed by atoms with Crippen molar-refractivity contribution in [3.63, 3.8) is 0 Å². The van der Waals surface area contributed by atoms with Crippen molar-refractivity contribution in [2.75, 3.05) is 13.6 Å². The van der Waals surface area contributed by atoms with Crippen LogP contribution in [0.15, 0.2) is 40.3 Å². The van der Waals surface area contributed by atoms with Gasteiger partial charge in [-0.25, -0.2) is 9.79 Å². The van der Waals surface area contributed by atoms with E-state index >= 15 is 0 Å². The number of benzene rings is 1. The molecule has 0 saturated carbocycles. The fourth-order valence-electron chi connectivity index (χ4n) is 3.28. The van der Waals surface area contributed by atoms with Crippen LogP contribution in [0.4, 0.5) is 4.79 Å². The second-order valence-electron chi connectivity index (χ2n) is 5.93. The molecule has 0 spiro atoms. The van der Waals surface area contributed by atoms with Crippen LogP contribution in [0, 0.1) is 0 Å². The van der Waals surface area contributed by atoms with E-state index in [0.717, 1.165) is 23.7 Å². The molecule has 2 unspecified atom stereocenters. The van der Waals surface area contributed by atoms with Gasteiger partial charge in [0.2, 0.25) is 0 Å². The van der Waals surface area contributed by atoms with E-state index in [1.165, 1.54) is 0 Å². The number of hydrogen-bond donors (Lipinski definition) is 1. The van der Waals surface area contributed by atoms with Gasteiger partial charge in [0.05, 0.1) is 12.6 Å². The van der Waals surface area contributed by atoms with E-state index in [0.29, 0.717) is 6.54 Å². The van der Waals surface area contributed by atoms with Gasteiger partial charge in [0.1, 0.15) is 17.7 Å². The number of amides is 2. The number of carbonyl (C=O) groups is 1. The number of nitrogens with one attached hydrogen (secondary N) is 1. The zero-order chi connectivity index (χ0) is 15.3. The van der Waals surface area contributed by atoms with Crippen LogP contribution < -0.4 is 5.32 Å². The number of amidine groups is 2. The average molecular weight is 297 g/mol. The average Bonchev–Trinajstić information content (AvgIpc) is 3.17. The molecule has 3 heterocycles. The van der Waals surface area contributed by atoms with E-state index in [1.54, 1.807) is 9.80 Å². The monoisotopic (exact) mass is 297 g/mol. The summed E-state index contributed by atoms with van der Waals surface area (Å²) in [6, 6.07) is 10.2. The van der Waals surface area contributed by atoms with Crippen LogP contribution in [0.3, 0.4) is 0 Å². The predicted octanol–water partition coefficient (Wildman–Crippen LogP) is 1.29. The number of hydrogen-bond acceptors (Lipinski definition) is 4. The molecule has 1 N–H and O–H groups in total. The van der Waals surface area contributed by atoms with Crippen molar-refractivity contribution in [2.24, 2.45) is 9.98 Å². The number of nitrogens with zero attached hydrogens (tertiary/aromatic N) is 4. The highest BCUT2D eigenvalue weighted by Gasteiger charge is 2.49. The third-order valence-electron chi connectivity index (χ3n) is 4.56. The Morgan fingerprint density at radius 2 is 2.05 bits per heavy atom. The predicted molar refractivity (Wildman–Crippen MR) is 85.1 cm³/mol. The van der Waals surface area contributed by atoms with Gasteiger partial charge in [0, 0.05) is 12.6 Å². The van der Waals surface area contributed by atoms with Crippen molar-refractivity contribution < 1.29 is 4.79 Å². The Kier molecular flexibility index (Phi) is 2.92. The second-order valence-corrected chi connectivity index (χ2v) is 5.93. The largest absolute Gasteiger partial charge is 0.356 e. The van der Waals surface area contributed by atoms with E-state index in [2.05, 4.69) is 12.2 Å². The first-order valence-corrected chi connectivity index (χ1v) is 7.71. The minimum absolute atomic E-state index is 0.00388. The third-order valence-corrected chi connectivity index (χ3v) is 4.56. The summed E-state index contributed by atoms with van der Waals surface area (Å²) in [5.41, 5.74) is 1.04. The van der Waals surface area contributed by atoms with Crippen LogP contribution in [0.2, 0.25) is 0 Å². The zero-order valence-corrected chi connectivity index (χ0v) is 12.7. The van der Waals surface area contributed by atoms with Crippen LogP contribution in [0.1, 0.15) is 18.9 Å². The lowest BCUT2D eigenvalue weighted by atomic mass is 10.1. The second kappa shape index (κ2) is 4.83. The van der Waals surface area contributed by atoms with E-state index < -0.39 is 0 Å². The maximum atomic E-state index is 12.5. The van der Waals surface area contributed by atoms with Gasteiger partial charge in [-0.05, 0) is 6.42 Å². The van der Waals surface area contributed by atoms with Gasteiger partial charge in [-0.15, -0.1) is 0 Å². The highest BCUT2D eigenvalue weighted by atomic mass is 16.2. The minimum Gasteiger partial charge on any atom is -0.356 e. The maximum absolute atomic E-state index is 12.5. The molecule has 0 radical (unpaired) electrons. The Labute approximate surface area is 129 Å². The molecule has 0 aliphatic carbocycles. The van der Waals surface area contributed by atoms with Crippen molar-refractivity contribution in [1.82, 2.24) is 15.1 Å². The van der Waals surface area contributed by atoms with Crippen molar-refractivity contribution in [1.29, 1.82) is 0 Å². The summed E-state index contributed by atoms with van der Waals surface area (Å²) in [6.45, 7) is 2.79. The third kappa shape index (κ3) is 1.83. The number of rotatable bonds is 2. The Morgan fingerprint density at radius 1 is 1.27 bits per heavy atom. The summed E-state index contributed by atoms with van der Waals surface area (Å²) in [5, 5.41) is 3.46. The number of likely N-dealkylation sites (N-methyl/N-ethyl adjacent to an activating group) is 1. The quantitative estimate of drug-likeness (QED) is 0.894. The first kappa shape index (κ1) is 13.3. The first-order chi connectivity index (χ1) is 10.7.